The largest absolute Gasteiger partial charge is 0.371 e. The van der Waals surface area contributed by atoms with Crippen molar-refractivity contribution in [2.24, 2.45) is 0 Å². The number of hydrogen-bond acceptors (Lipinski definition) is 4. The summed E-state index contributed by atoms with van der Waals surface area (Å²) in [6.45, 7) is 9.08. The third-order valence-corrected chi connectivity index (χ3v) is 5.58. The van der Waals surface area contributed by atoms with Gasteiger partial charge < -0.3 is 14.4 Å². The predicted octanol–water partition coefficient (Wildman–Crippen LogP) is 2.32. The van der Waals surface area contributed by atoms with Gasteiger partial charge in [-0.1, -0.05) is 0 Å². The monoisotopic (exact) mass is 333 g/mol. The summed E-state index contributed by atoms with van der Waals surface area (Å²) in [5.41, 5.74) is 2.70. The maximum atomic E-state index is 13.1. The van der Waals surface area contributed by atoms with E-state index >= 15 is 0 Å². The Hall–Kier alpha value is -1.40. The molecule has 1 amide bonds. The summed E-state index contributed by atoms with van der Waals surface area (Å²) in [6.07, 6.45) is 4.25. The first-order chi connectivity index (χ1) is 11.5. The second kappa shape index (κ2) is 5.85. The first-order valence-corrected chi connectivity index (χ1v) is 9.21. The summed E-state index contributed by atoms with van der Waals surface area (Å²) in [5, 5.41) is 4.66. The first kappa shape index (κ1) is 16.1. The van der Waals surface area contributed by atoms with Crippen LogP contribution in [0, 0.1) is 0 Å². The van der Waals surface area contributed by atoms with Crippen molar-refractivity contribution in [3.63, 3.8) is 0 Å². The van der Waals surface area contributed by atoms with Crippen molar-refractivity contribution >= 4 is 5.91 Å². The molecule has 2 atom stereocenters. The van der Waals surface area contributed by atoms with Crippen LogP contribution in [0.15, 0.2) is 0 Å². The Bertz CT molecular complexity index is 640. The highest BCUT2D eigenvalue weighted by atomic mass is 16.5. The van der Waals surface area contributed by atoms with Gasteiger partial charge in [0.15, 0.2) is 0 Å². The highest BCUT2D eigenvalue weighted by Gasteiger charge is 2.48. The maximum Gasteiger partial charge on any atom is 0.272 e. The van der Waals surface area contributed by atoms with Gasteiger partial charge in [0.05, 0.1) is 31.0 Å². The van der Waals surface area contributed by atoms with Gasteiger partial charge in [-0.05, 0) is 40.0 Å². The number of amides is 1. The van der Waals surface area contributed by atoms with Gasteiger partial charge >= 0.3 is 0 Å². The Morgan fingerprint density at radius 3 is 2.79 bits per heavy atom. The molecule has 3 aliphatic heterocycles. The van der Waals surface area contributed by atoms with Crippen LogP contribution in [-0.2, 0) is 22.4 Å². The lowest BCUT2D eigenvalue weighted by Gasteiger charge is -2.51. The van der Waals surface area contributed by atoms with Gasteiger partial charge in [-0.2, -0.15) is 5.10 Å². The number of rotatable bonds is 2. The smallest absolute Gasteiger partial charge is 0.272 e. The fourth-order valence-corrected chi connectivity index (χ4v) is 4.36. The molecule has 0 saturated carbocycles. The average molecular weight is 333 g/mol. The van der Waals surface area contributed by atoms with Gasteiger partial charge in [0.2, 0.25) is 0 Å². The standard InChI is InChI=1S/C18H27N3O3/c1-4-21-16(14-9-12(2)24-13(3)15(14)19-21)17(22)20-10-18(11-20)7-5-6-8-23-18/h12-13H,4-11H2,1-3H3/t12-,13+/m0/s1. The molecular weight excluding hydrogens is 306 g/mol. The molecule has 2 saturated heterocycles. The summed E-state index contributed by atoms with van der Waals surface area (Å²) < 4.78 is 13.7. The van der Waals surface area contributed by atoms with Crippen LogP contribution in [0.2, 0.25) is 0 Å². The van der Waals surface area contributed by atoms with E-state index < -0.39 is 0 Å². The predicted molar refractivity (Wildman–Crippen MR) is 89.0 cm³/mol. The Balaban J connectivity index is 1.59. The Morgan fingerprint density at radius 1 is 1.33 bits per heavy atom. The molecule has 4 heterocycles. The van der Waals surface area contributed by atoms with E-state index in [2.05, 4.69) is 12.0 Å². The van der Waals surface area contributed by atoms with Crippen molar-refractivity contribution in [2.45, 2.75) is 70.8 Å². The minimum absolute atomic E-state index is 0.0486. The first-order valence-electron chi connectivity index (χ1n) is 9.21. The summed E-state index contributed by atoms with van der Waals surface area (Å²) in [7, 11) is 0. The zero-order valence-corrected chi connectivity index (χ0v) is 14.9. The van der Waals surface area contributed by atoms with E-state index in [1.807, 2.05) is 23.4 Å². The molecule has 0 N–H and O–H groups in total. The van der Waals surface area contributed by atoms with Crippen molar-refractivity contribution < 1.29 is 14.3 Å². The zero-order chi connectivity index (χ0) is 16.9. The summed E-state index contributed by atoms with van der Waals surface area (Å²) in [4.78, 5) is 15.1. The number of aryl methyl sites for hydroxylation is 1. The fraction of sp³-hybridized carbons (Fsp3) is 0.778. The van der Waals surface area contributed by atoms with Gasteiger partial charge in [-0.25, -0.2) is 0 Å². The zero-order valence-electron chi connectivity index (χ0n) is 14.9. The summed E-state index contributed by atoms with van der Waals surface area (Å²) >= 11 is 0. The molecule has 0 radical (unpaired) electrons. The lowest BCUT2D eigenvalue weighted by molar-refractivity contribution is -0.152. The topological polar surface area (TPSA) is 56.6 Å². The van der Waals surface area contributed by atoms with Crippen LogP contribution in [0.1, 0.15) is 67.9 Å². The van der Waals surface area contributed by atoms with E-state index in [9.17, 15) is 4.79 Å². The van der Waals surface area contributed by atoms with Gasteiger partial charge in [-0.3, -0.25) is 9.48 Å². The van der Waals surface area contributed by atoms with Crippen molar-refractivity contribution in [1.29, 1.82) is 0 Å². The van der Waals surface area contributed by atoms with Crippen LogP contribution in [-0.4, -0.2) is 52.0 Å². The SMILES string of the molecule is CCn1nc2c(c1C(=O)N1CC3(CCCCO3)C1)C[C@H](C)O[C@@H]2C. The molecule has 0 unspecified atom stereocenters. The number of nitrogens with zero attached hydrogens (tertiary/aromatic N) is 3. The van der Waals surface area contributed by atoms with Gasteiger partial charge in [-0.15, -0.1) is 0 Å². The number of carbonyl (C=O) groups is 1. The van der Waals surface area contributed by atoms with E-state index in [0.29, 0.717) is 6.54 Å². The molecule has 3 aliphatic rings. The van der Waals surface area contributed by atoms with Crippen LogP contribution in [0.25, 0.3) is 0 Å². The van der Waals surface area contributed by atoms with E-state index in [1.54, 1.807) is 0 Å². The van der Waals surface area contributed by atoms with E-state index in [0.717, 1.165) is 55.9 Å². The van der Waals surface area contributed by atoms with Crippen LogP contribution < -0.4 is 0 Å². The minimum atomic E-state index is -0.0747. The molecule has 1 aromatic heterocycles. The van der Waals surface area contributed by atoms with Gasteiger partial charge in [0.1, 0.15) is 11.3 Å². The number of ether oxygens (including phenoxy) is 2. The van der Waals surface area contributed by atoms with E-state index in [-0.39, 0.29) is 23.7 Å². The van der Waals surface area contributed by atoms with Gasteiger partial charge in [0, 0.05) is 25.1 Å². The third-order valence-electron chi connectivity index (χ3n) is 5.58. The van der Waals surface area contributed by atoms with Crippen LogP contribution in [0.3, 0.4) is 0 Å². The van der Waals surface area contributed by atoms with Crippen molar-refractivity contribution in [2.75, 3.05) is 19.7 Å². The molecule has 0 bridgehead atoms. The highest BCUT2D eigenvalue weighted by Crippen LogP contribution is 2.37. The average Bonchev–Trinajstić information content (AvgIpc) is 2.91. The van der Waals surface area contributed by atoms with E-state index in [1.165, 1.54) is 6.42 Å². The summed E-state index contributed by atoms with van der Waals surface area (Å²) in [5.74, 6) is 0.103. The third kappa shape index (κ3) is 2.47. The molecule has 132 valence electrons. The van der Waals surface area contributed by atoms with Crippen molar-refractivity contribution in [3.8, 4) is 0 Å². The van der Waals surface area contributed by atoms with Crippen LogP contribution in [0.5, 0.6) is 0 Å². The number of likely N-dealkylation sites (tertiary alicyclic amines) is 1. The highest BCUT2D eigenvalue weighted by molar-refractivity contribution is 5.95. The number of fused-ring (bicyclic) bond motifs is 1. The van der Waals surface area contributed by atoms with Crippen molar-refractivity contribution in [1.82, 2.24) is 14.7 Å². The molecule has 4 rings (SSSR count). The van der Waals surface area contributed by atoms with Gasteiger partial charge in [0.25, 0.3) is 5.91 Å². The second-order valence-corrected chi connectivity index (χ2v) is 7.47. The molecule has 1 spiro atoms. The lowest BCUT2D eigenvalue weighted by Crippen LogP contribution is -2.65. The quantitative estimate of drug-likeness (QED) is 0.833. The van der Waals surface area contributed by atoms with E-state index in [4.69, 9.17) is 9.47 Å². The molecule has 1 aromatic rings. The molecule has 0 aliphatic carbocycles. The minimum Gasteiger partial charge on any atom is -0.371 e. The molecule has 6 nitrogen and oxygen atoms in total. The second-order valence-electron chi connectivity index (χ2n) is 7.47. The fourth-order valence-electron chi connectivity index (χ4n) is 4.36. The maximum absolute atomic E-state index is 13.1. The van der Waals surface area contributed by atoms with Crippen molar-refractivity contribution in [3.05, 3.63) is 17.0 Å². The lowest BCUT2D eigenvalue weighted by atomic mass is 9.85. The van der Waals surface area contributed by atoms with Crippen LogP contribution >= 0.6 is 0 Å². The molecule has 0 aromatic carbocycles. The molecule has 6 heteroatoms. The summed E-state index contributed by atoms with van der Waals surface area (Å²) in [6, 6.07) is 0. The molecule has 24 heavy (non-hydrogen) atoms. The van der Waals surface area contributed by atoms with Crippen LogP contribution in [0.4, 0.5) is 0 Å². The number of aromatic nitrogens is 2. The normalized spacial score (nSPS) is 28.5. The Kier molecular flexibility index (Phi) is 3.92. The number of hydrogen-bond donors (Lipinski definition) is 0. The Labute approximate surface area is 143 Å². The molecular formula is C18H27N3O3. The Morgan fingerprint density at radius 2 is 2.12 bits per heavy atom. The number of carbonyl (C=O) groups excluding carboxylic acids is 1. The molecule has 2 fully saturated rings.